The van der Waals surface area contributed by atoms with E-state index in [1.54, 1.807) is 43.9 Å². The van der Waals surface area contributed by atoms with Gasteiger partial charge in [-0.15, -0.1) is 0 Å². The molecule has 11 heteroatoms. The molecule has 3 atom stereocenters. The van der Waals surface area contributed by atoms with Crippen LogP contribution in [0.15, 0.2) is 60.7 Å². The lowest BCUT2D eigenvalue weighted by Gasteiger charge is -2.27. The second-order valence-corrected chi connectivity index (χ2v) is 11.8. The van der Waals surface area contributed by atoms with E-state index >= 15 is 0 Å². The fourth-order valence-electron chi connectivity index (χ4n) is 5.03. The molecule has 1 unspecified atom stereocenters. The lowest BCUT2D eigenvalue weighted by Crippen LogP contribution is -2.52. The van der Waals surface area contributed by atoms with E-state index in [0.717, 1.165) is 5.56 Å². The topological polar surface area (TPSA) is 126 Å². The van der Waals surface area contributed by atoms with Crippen molar-refractivity contribution in [2.24, 2.45) is 5.92 Å². The third-order valence-electron chi connectivity index (χ3n) is 7.02. The summed E-state index contributed by atoms with van der Waals surface area (Å²) in [5.74, 6) is -1.75. The summed E-state index contributed by atoms with van der Waals surface area (Å²) >= 11 is 0. The summed E-state index contributed by atoms with van der Waals surface area (Å²) in [6, 6.07) is 11.8. The summed E-state index contributed by atoms with van der Waals surface area (Å²) in [5, 5.41) is 8.47. The van der Waals surface area contributed by atoms with Gasteiger partial charge in [-0.05, 0) is 62.9 Å². The van der Waals surface area contributed by atoms with Crippen LogP contribution in [-0.2, 0) is 32.1 Å². The van der Waals surface area contributed by atoms with Gasteiger partial charge in [0.2, 0.25) is 17.7 Å². The van der Waals surface area contributed by atoms with Crippen molar-refractivity contribution in [3.8, 4) is 5.75 Å². The van der Waals surface area contributed by atoms with Gasteiger partial charge in [-0.3, -0.25) is 14.4 Å². The lowest BCUT2D eigenvalue weighted by atomic mass is 9.97. The molecule has 1 saturated heterocycles. The van der Waals surface area contributed by atoms with Crippen LogP contribution >= 0.6 is 0 Å². The maximum Gasteiger partial charge on any atom is 0.408 e. The van der Waals surface area contributed by atoms with E-state index in [9.17, 15) is 23.6 Å². The molecule has 43 heavy (non-hydrogen) atoms. The van der Waals surface area contributed by atoms with Gasteiger partial charge in [0.05, 0.1) is 5.92 Å². The zero-order valence-electron chi connectivity index (χ0n) is 24.7. The van der Waals surface area contributed by atoms with Gasteiger partial charge in [0.25, 0.3) is 0 Å². The van der Waals surface area contributed by atoms with Gasteiger partial charge < -0.3 is 30.3 Å². The second kappa shape index (κ2) is 14.2. The summed E-state index contributed by atoms with van der Waals surface area (Å²) in [4.78, 5) is 53.8. The Labute approximate surface area is 251 Å². The highest BCUT2D eigenvalue weighted by atomic mass is 19.1. The van der Waals surface area contributed by atoms with Crippen LogP contribution < -0.4 is 20.7 Å². The van der Waals surface area contributed by atoms with Crippen LogP contribution in [0.4, 0.5) is 9.18 Å². The Morgan fingerprint density at radius 3 is 2.63 bits per heavy atom. The average molecular weight is 595 g/mol. The molecule has 2 aromatic rings. The number of carbonyl (C=O) groups is 4. The number of fused-ring (bicyclic) bond motifs is 4. The minimum atomic E-state index is -1.10. The summed E-state index contributed by atoms with van der Waals surface area (Å²) in [5.41, 5.74) is 0.593. The summed E-state index contributed by atoms with van der Waals surface area (Å²) < 4.78 is 25.7. The predicted octanol–water partition coefficient (Wildman–Crippen LogP) is 3.25. The summed E-state index contributed by atoms with van der Waals surface area (Å²) in [6.07, 6.45) is 2.91. The average Bonchev–Trinajstić information content (AvgIpc) is 3.30. The van der Waals surface area contributed by atoms with Crippen LogP contribution in [0, 0.1) is 11.7 Å². The SMILES string of the molecule is CC(C)(C)OC(=O)N[C@@H](C[C@@H]1Cc2cc(F)cc(c2)OCC=CCN2CC(CC2=O)C(=O)N1)C(=O)NCc1ccccc1. The Balaban J connectivity index is 1.60. The normalized spacial score (nSPS) is 19.8. The molecule has 0 aliphatic carbocycles. The van der Waals surface area contributed by atoms with E-state index in [2.05, 4.69) is 16.0 Å². The van der Waals surface area contributed by atoms with Gasteiger partial charge in [-0.1, -0.05) is 36.4 Å². The monoisotopic (exact) mass is 594 g/mol. The molecule has 2 aliphatic heterocycles. The largest absolute Gasteiger partial charge is 0.489 e. The van der Waals surface area contributed by atoms with E-state index in [1.807, 2.05) is 30.3 Å². The first-order chi connectivity index (χ1) is 20.4. The number of amides is 4. The van der Waals surface area contributed by atoms with Crippen molar-refractivity contribution in [2.75, 3.05) is 19.7 Å². The van der Waals surface area contributed by atoms with Crippen molar-refractivity contribution >= 4 is 23.8 Å². The molecule has 0 spiro atoms. The molecular weight excluding hydrogens is 555 g/mol. The van der Waals surface area contributed by atoms with Crippen LogP contribution in [-0.4, -0.2) is 66.1 Å². The van der Waals surface area contributed by atoms with Gasteiger partial charge in [0.15, 0.2) is 0 Å². The van der Waals surface area contributed by atoms with Crippen LogP contribution in [0.2, 0.25) is 0 Å². The third kappa shape index (κ3) is 9.83. The second-order valence-electron chi connectivity index (χ2n) is 11.8. The van der Waals surface area contributed by atoms with E-state index in [1.165, 1.54) is 12.1 Å². The van der Waals surface area contributed by atoms with Crippen LogP contribution in [0.1, 0.15) is 44.7 Å². The molecule has 2 aromatic carbocycles. The van der Waals surface area contributed by atoms with Gasteiger partial charge in [0.1, 0.15) is 29.8 Å². The Bertz CT molecular complexity index is 1340. The quantitative estimate of drug-likeness (QED) is 0.441. The van der Waals surface area contributed by atoms with Crippen molar-refractivity contribution in [1.29, 1.82) is 0 Å². The molecule has 4 rings (SSSR count). The van der Waals surface area contributed by atoms with Crippen LogP contribution in [0.3, 0.4) is 0 Å². The van der Waals surface area contributed by atoms with Gasteiger partial charge in [0, 0.05) is 38.2 Å². The standard InChI is InChI=1S/C32H39FN4O6/c1-32(2,3)43-31(41)36-27(30(40)34-19-21-9-5-4-6-10-21)18-25-14-22-13-24(33)17-26(15-22)42-12-8-7-11-37-20-23(16-28(37)38)29(39)35-25/h4-10,13,15,17,23,25,27H,11-12,14,16,18-20H2,1-3H3,(H,34,40)(H,35,39)(H,36,41)/t23?,25-,27-/m0/s1. The van der Waals surface area contributed by atoms with E-state index in [4.69, 9.17) is 9.47 Å². The van der Waals surface area contributed by atoms with Crippen molar-refractivity contribution in [1.82, 2.24) is 20.9 Å². The zero-order chi connectivity index (χ0) is 31.0. The predicted molar refractivity (Wildman–Crippen MR) is 157 cm³/mol. The summed E-state index contributed by atoms with van der Waals surface area (Å²) in [6.45, 7) is 6.11. The molecule has 1 fully saturated rings. The van der Waals surface area contributed by atoms with Crippen molar-refractivity contribution < 1.29 is 33.0 Å². The molecule has 230 valence electrons. The van der Waals surface area contributed by atoms with Crippen LogP contribution in [0.25, 0.3) is 0 Å². The number of halogens is 1. The number of hydrogen-bond donors (Lipinski definition) is 3. The smallest absolute Gasteiger partial charge is 0.408 e. The molecule has 0 saturated carbocycles. The first kappa shape index (κ1) is 31.5. The molecule has 2 aliphatic rings. The van der Waals surface area contributed by atoms with E-state index in [0.29, 0.717) is 17.9 Å². The highest BCUT2D eigenvalue weighted by Crippen LogP contribution is 2.22. The Morgan fingerprint density at radius 2 is 1.88 bits per heavy atom. The Hall–Kier alpha value is -4.41. The molecule has 0 radical (unpaired) electrons. The van der Waals surface area contributed by atoms with Gasteiger partial charge >= 0.3 is 6.09 Å². The zero-order valence-corrected chi connectivity index (χ0v) is 24.7. The first-order valence-corrected chi connectivity index (χ1v) is 14.4. The maximum absolute atomic E-state index is 14.6. The number of benzene rings is 2. The number of carbonyl (C=O) groups excluding carboxylic acids is 4. The lowest BCUT2D eigenvalue weighted by molar-refractivity contribution is -0.129. The van der Waals surface area contributed by atoms with Crippen molar-refractivity contribution in [2.45, 2.75) is 64.3 Å². The highest BCUT2D eigenvalue weighted by molar-refractivity contribution is 5.90. The van der Waals surface area contributed by atoms with Crippen molar-refractivity contribution in [3.05, 3.63) is 77.6 Å². The van der Waals surface area contributed by atoms with Gasteiger partial charge in [-0.2, -0.15) is 0 Å². The number of nitrogens with zero attached hydrogens (tertiary/aromatic N) is 1. The molecule has 4 bridgehead atoms. The van der Waals surface area contributed by atoms with E-state index in [-0.39, 0.29) is 50.8 Å². The fourth-order valence-corrected chi connectivity index (χ4v) is 5.03. The minimum absolute atomic E-state index is 0.0236. The molecule has 2 heterocycles. The first-order valence-electron chi connectivity index (χ1n) is 14.4. The summed E-state index contributed by atoms with van der Waals surface area (Å²) in [7, 11) is 0. The molecule has 0 aromatic heterocycles. The number of ether oxygens (including phenoxy) is 2. The fraction of sp³-hybridized carbons (Fsp3) is 0.438. The number of alkyl carbamates (subject to hydrolysis) is 1. The Morgan fingerprint density at radius 1 is 1.12 bits per heavy atom. The molecule has 3 N–H and O–H groups in total. The number of hydrogen-bond acceptors (Lipinski definition) is 6. The highest BCUT2D eigenvalue weighted by Gasteiger charge is 2.36. The third-order valence-corrected chi connectivity index (χ3v) is 7.02. The molecule has 4 amide bonds. The number of rotatable bonds is 6. The molecular formula is C32H39FN4O6. The van der Waals surface area contributed by atoms with Gasteiger partial charge in [-0.25, -0.2) is 9.18 Å². The van der Waals surface area contributed by atoms with Crippen LogP contribution in [0.5, 0.6) is 5.75 Å². The van der Waals surface area contributed by atoms with E-state index < -0.39 is 41.4 Å². The maximum atomic E-state index is 14.6. The molecule has 10 nitrogen and oxygen atoms in total. The Kier molecular flexibility index (Phi) is 10.4. The minimum Gasteiger partial charge on any atom is -0.489 e. The van der Waals surface area contributed by atoms with Crippen molar-refractivity contribution in [3.63, 3.8) is 0 Å². The number of nitrogens with one attached hydrogen (secondary N) is 3.